The van der Waals surface area contributed by atoms with E-state index in [1.54, 1.807) is 0 Å². The number of rotatable bonds is 3. The Morgan fingerprint density at radius 2 is 1.80 bits per heavy atom. The van der Waals surface area contributed by atoms with Gasteiger partial charge in [0.2, 0.25) is 0 Å². The van der Waals surface area contributed by atoms with Crippen molar-refractivity contribution in [1.82, 2.24) is 0 Å². The van der Waals surface area contributed by atoms with Crippen LogP contribution in [0.4, 0.5) is 4.39 Å². The molecule has 1 nitrogen and oxygen atoms in total. The fourth-order valence-electron chi connectivity index (χ4n) is 2.31. The van der Waals surface area contributed by atoms with Crippen LogP contribution in [0, 0.1) is 17.2 Å². The minimum atomic E-state index is -0.165. The first kappa shape index (κ1) is 10.6. The minimum Gasteiger partial charge on any atom is -0.327 e. The molecule has 2 unspecified atom stereocenters. The van der Waals surface area contributed by atoms with Gasteiger partial charge in [0.1, 0.15) is 5.82 Å². The highest BCUT2D eigenvalue weighted by molar-refractivity contribution is 5.17. The summed E-state index contributed by atoms with van der Waals surface area (Å²) in [7, 11) is 0. The molecule has 2 rings (SSSR count). The summed E-state index contributed by atoms with van der Waals surface area (Å²) in [5, 5.41) is 0. The lowest BCUT2D eigenvalue weighted by molar-refractivity contribution is 0.530. The van der Waals surface area contributed by atoms with Crippen molar-refractivity contribution in [2.24, 2.45) is 17.1 Å². The van der Waals surface area contributed by atoms with Gasteiger partial charge in [-0.2, -0.15) is 0 Å². The maximum Gasteiger partial charge on any atom is 0.123 e. The summed E-state index contributed by atoms with van der Waals surface area (Å²) in [5.41, 5.74) is 7.48. The lowest BCUT2D eigenvalue weighted by Gasteiger charge is -2.02. The van der Waals surface area contributed by atoms with Gasteiger partial charge in [-0.15, -0.1) is 0 Å². The summed E-state index contributed by atoms with van der Waals surface area (Å²) in [5.74, 6) is 0.463. The van der Waals surface area contributed by atoms with E-state index in [4.69, 9.17) is 5.73 Å². The van der Waals surface area contributed by atoms with Crippen molar-refractivity contribution in [3.05, 3.63) is 35.6 Å². The fraction of sp³-hybridized carbons (Fsp3) is 0.538. The summed E-state index contributed by atoms with van der Waals surface area (Å²) in [4.78, 5) is 0. The van der Waals surface area contributed by atoms with Crippen molar-refractivity contribution in [2.45, 2.75) is 32.7 Å². The molecule has 2 heteroatoms. The molecule has 0 amide bonds. The standard InChI is InChI=1S/C13H18FN/c1-13(2)11(12(13)15)8-5-9-3-6-10(14)7-4-9/h3-4,6-7,11-12H,5,8,15H2,1-2H3. The smallest absolute Gasteiger partial charge is 0.123 e. The topological polar surface area (TPSA) is 26.0 Å². The average Bonchev–Trinajstić information content (AvgIpc) is 2.66. The predicted octanol–water partition coefficient (Wildman–Crippen LogP) is 2.74. The van der Waals surface area contributed by atoms with Crippen molar-refractivity contribution in [2.75, 3.05) is 0 Å². The largest absolute Gasteiger partial charge is 0.327 e. The highest BCUT2D eigenvalue weighted by atomic mass is 19.1. The van der Waals surface area contributed by atoms with E-state index < -0.39 is 0 Å². The lowest BCUT2D eigenvalue weighted by Crippen LogP contribution is -2.06. The van der Waals surface area contributed by atoms with Gasteiger partial charge in [0, 0.05) is 6.04 Å². The minimum absolute atomic E-state index is 0.165. The van der Waals surface area contributed by atoms with Gasteiger partial charge in [0.05, 0.1) is 0 Å². The van der Waals surface area contributed by atoms with Gasteiger partial charge in [-0.05, 0) is 41.9 Å². The molecule has 1 fully saturated rings. The van der Waals surface area contributed by atoms with E-state index in [1.165, 1.54) is 17.7 Å². The molecule has 2 atom stereocenters. The molecule has 0 radical (unpaired) electrons. The molecule has 1 aromatic rings. The van der Waals surface area contributed by atoms with Crippen LogP contribution in [-0.4, -0.2) is 6.04 Å². The summed E-state index contributed by atoms with van der Waals surface area (Å²) in [6.45, 7) is 4.43. The number of benzene rings is 1. The molecule has 1 saturated carbocycles. The van der Waals surface area contributed by atoms with Crippen LogP contribution in [-0.2, 0) is 6.42 Å². The third-order valence-corrected chi connectivity index (χ3v) is 3.80. The second kappa shape index (κ2) is 3.60. The van der Waals surface area contributed by atoms with Crippen LogP contribution in [0.3, 0.4) is 0 Å². The van der Waals surface area contributed by atoms with Crippen molar-refractivity contribution >= 4 is 0 Å². The lowest BCUT2D eigenvalue weighted by atomic mass is 10.0. The molecule has 0 heterocycles. The zero-order chi connectivity index (χ0) is 11.1. The van der Waals surface area contributed by atoms with Crippen molar-refractivity contribution in [3.63, 3.8) is 0 Å². The van der Waals surface area contributed by atoms with E-state index in [0.29, 0.717) is 17.4 Å². The van der Waals surface area contributed by atoms with Crippen molar-refractivity contribution < 1.29 is 4.39 Å². The first-order valence-corrected chi connectivity index (χ1v) is 5.52. The van der Waals surface area contributed by atoms with Gasteiger partial charge in [-0.25, -0.2) is 4.39 Å². The monoisotopic (exact) mass is 207 g/mol. The van der Waals surface area contributed by atoms with Crippen molar-refractivity contribution in [1.29, 1.82) is 0 Å². The Labute approximate surface area is 90.5 Å². The zero-order valence-corrected chi connectivity index (χ0v) is 9.33. The summed E-state index contributed by atoms with van der Waals surface area (Å²) in [6.07, 6.45) is 2.11. The van der Waals surface area contributed by atoms with Crippen LogP contribution < -0.4 is 5.73 Å². The number of hydrogen-bond acceptors (Lipinski definition) is 1. The molecule has 1 aliphatic carbocycles. The van der Waals surface area contributed by atoms with Gasteiger partial charge >= 0.3 is 0 Å². The number of hydrogen-bond donors (Lipinski definition) is 1. The van der Waals surface area contributed by atoms with Gasteiger partial charge in [-0.1, -0.05) is 26.0 Å². The van der Waals surface area contributed by atoms with E-state index in [1.807, 2.05) is 12.1 Å². The average molecular weight is 207 g/mol. The molecule has 2 N–H and O–H groups in total. The normalized spacial score (nSPS) is 27.7. The maximum absolute atomic E-state index is 12.7. The molecule has 0 bridgehead atoms. The molecule has 1 aliphatic rings. The molecule has 0 aliphatic heterocycles. The molecule has 15 heavy (non-hydrogen) atoms. The zero-order valence-electron chi connectivity index (χ0n) is 9.33. The highest BCUT2D eigenvalue weighted by Gasteiger charge is 2.54. The van der Waals surface area contributed by atoms with Gasteiger partial charge in [0.15, 0.2) is 0 Å². The molecule has 1 aromatic carbocycles. The van der Waals surface area contributed by atoms with E-state index in [9.17, 15) is 4.39 Å². The molecule has 82 valence electrons. The summed E-state index contributed by atoms with van der Waals surface area (Å²) >= 11 is 0. The molecule has 0 aromatic heterocycles. The Hall–Kier alpha value is -0.890. The van der Waals surface area contributed by atoms with Crippen LogP contribution in [0.5, 0.6) is 0 Å². The van der Waals surface area contributed by atoms with Crippen LogP contribution in [0.2, 0.25) is 0 Å². The Kier molecular flexibility index (Phi) is 2.55. The van der Waals surface area contributed by atoms with E-state index in [-0.39, 0.29) is 5.82 Å². The summed E-state index contributed by atoms with van der Waals surface area (Å²) < 4.78 is 12.7. The van der Waals surface area contributed by atoms with Crippen LogP contribution in [0.15, 0.2) is 24.3 Å². The maximum atomic E-state index is 12.7. The second-order valence-electron chi connectivity index (χ2n) is 5.12. The van der Waals surface area contributed by atoms with Gasteiger partial charge in [0.25, 0.3) is 0 Å². The number of aryl methyl sites for hydroxylation is 1. The number of nitrogens with two attached hydrogens (primary N) is 1. The molecular formula is C13H18FN. The molecule has 0 spiro atoms. The SMILES string of the molecule is CC1(C)C(N)C1CCc1ccc(F)cc1. The molecular weight excluding hydrogens is 189 g/mol. The van der Waals surface area contributed by atoms with E-state index >= 15 is 0 Å². The van der Waals surface area contributed by atoms with Crippen LogP contribution in [0.25, 0.3) is 0 Å². The van der Waals surface area contributed by atoms with Gasteiger partial charge < -0.3 is 5.73 Å². The molecule has 0 saturated heterocycles. The first-order valence-electron chi connectivity index (χ1n) is 5.52. The van der Waals surface area contributed by atoms with E-state index in [2.05, 4.69) is 13.8 Å². The third kappa shape index (κ3) is 2.05. The Bertz CT molecular complexity index is 342. The third-order valence-electron chi connectivity index (χ3n) is 3.80. The van der Waals surface area contributed by atoms with Gasteiger partial charge in [-0.3, -0.25) is 0 Å². The Morgan fingerprint density at radius 1 is 1.27 bits per heavy atom. The Balaban J connectivity index is 1.87. The second-order valence-corrected chi connectivity index (χ2v) is 5.12. The first-order chi connectivity index (χ1) is 7.01. The predicted molar refractivity (Wildman–Crippen MR) is 60.0 cm³/mol. The van der Waals surface area contributed by atoms with Crippen LogP contribution >= 0.6 is 0 Å². The number of halogens is 1. The Morgan fingerprint density at radius 3 is 2.27 bits per heavy atom. The quantitative estimate of drug-likeness (QED) is 0.810. The summed E-state index contributed by atoms with van der Waals surface area (Å²) in [6, 6.07) is 7.10. The highest BCUT2D eigenvalue weighted by Crippen LogP contribution is 2.52. The van der Waals surface area contributed by atoms with Crippen molar-refractivity contribution in [3.8, 4) is 0 Å². The van der Waals surface area contributed by atoms with Crippen LogP contribution in [0.1, 0.15) is 25.8 Å². The van der Waals surface area contributed by atoms with E-state index in [0.717, 1.165) is 12.8 Å². The fourth-order valence-corrected chi connectivity index (χ4v) is 2.31.